The second kappa shape index (κ2) is 5.87. The van der Waals surface area contributed by atoms with Gasteiger partial charge in [0.05, 0.1) is 5.92 Å². The third-order valence-corrected chi connectivity index (χ3v) is 3.60. The van der Waals surface area contributed by atoms with Crippen molar-refractivity contribution < 1.29 is 14.1 Å². The van der Waals surface area contributed by atoms with Crippen molar-refractivity contribution in [1.82, 2.24) is 10.1 Å². The molecule has 0 saturated carbocycles. The molecule has 0 spiro atoms. The Bertz CT molecular complexity index is 531. The van der Waals surface area contributed by atoms with Gasteiger partial charge in [0.1, 0.15) is 5.76 Å². The van der Waals surface area contributed by atoms with Gasteiger partial charge in [-0.05, 0) is 19.8 Å². The normalized spacial score (nSPS) is 19.4. The van der Waals surface area contributed by atoms with Crippen LogP contribution in [0.4, 0.5) is 5.82 Å². The van der Waals surface area contributed by atoms with Gasteiger partial charge in [-0.15, -0.1) is 0 Å². The lowest BCUT2D eigenvalue weighted by atomic mass is 9.91. The highest BCUT2D eigenvalue weighted by atomic mass is 16.5. The zero-order valence-corrected chi connectivity index (χ0v) is 13.1. The number of likely N-dealkylation sites (tertiary alicyclic amines) is 1. The molecular weight excluding hydrogens is 270 g/mol. The standard InChI is InChI=1S/C15H23N3O3/c1-10-8-12(17-21-10)16-13(19)11-6-5-7-18(9-11)14(20)15(2,3)4/h8,11H,5-7,9H2,1-4H3,(H,16,17,19). The number of amides is 2. The van der Waals surface area contributed by atoms with E-state index in [9.17, 15) is 9.59 Å². The number of nitrogens with zero attached hydrogens (tertiary/aromatic N) is 2. The molecule has 1 aliphatic heterocycles. The summed E-state index contributed by atoms with van der Waals surface area (Å²) in [5.74, 6) is 0.879. The molecule has 1 atom stereocenters. The molecule has 6 nitrogen and oxygen atoms in total. The van der Waals surface area contributed by atoms with Gasteiger partial charge < -0.3 is 14.7 Å². The van der Waals surface area contributed by atoms with Crippen molar-refractivity contribution in [3.8, 4) is 0 Å². The summed E-state index contributed by atoms with van der Waals surface area (Å²) < 4.78 is 4.93. The summed E-state index contributed by atoms with van der Waals surface area (Å²) in [5.41, 5.74) is -0.415. The molecule has 21 heavy (non-hydrogen) atoms. The van der Waals surface area contributed by atoms with E-state index in [1.54, 1.807) is 17.9 Å². The van der Waals surface area contributed by atoms with E-state index in [0.717, 1.165) is 19.4 Å². The van der Waals surface area contributed by atoms with Crippen molar-refractivity contribution in [3.63, 3.8) is 0 Å². The maximum atomic E-state index is 12.3. The Labute approximate surface area is 124 Å². The van der Waals surface area contributed by atoms with Crippen LogP contribution >= 0.6 is 0 Å². The lowest BCUT2D eigenvalue weighted by Crippen LogP contribution is -2.47. The maximum Gasteiger partial charge on any atom is 0.230 e. The van der Waals surface area contributed by atoms with Crippen LogP contribution < -0.4 is 5.32 Å². The zero-order valence-electron chi connectivity index (χ0n) is 13.1. The van der Waals surface area contributed by atoms with Gasteiger partial charge in [0, 0.05) is 24.6 Å². The molecule has 1 unspecified atom stereocenters. The van der Waals surface area contributed by atoms with Gasteiger partial charge in [-0.25, -0.2) is 0 Å². The molecule has 1 aromatic rings. The van der Waals surface area contributed by atoms with Crippen molar-refractivity contribution >= 4 is 17.6 Å². The molecule has 2 rings (SSSR count). The molecule has 2 heterocycles. The molecule has 2 amide bonds. The van der Waals surface area contributed by atoms with E-state index in [1.165, 1.54) is 0 Å². The molecule has 1 aromatic heterocycles. The molecule has 1 aliphatic rings. The summed E-state index contributed by atoms with van der Waals surface area (Å²) >= 11 is 0. The zero-order chi connectivity index (χ0) is 15.6. The highest BCUT2D eigenvalue weighted by Crippen LogP contribution is 2.24. The number of anilines is 1. The average molecular weight is 293 g/mol. The van der Waals surface area contributed by atoms with Gasteiger partial charge in [-0.1, -0.05) is 25.9 Å². The van der Waals surface area contributed by atoms with Crippen LogP contribution in [0, 0.1) is 18.3 Å². The Hall–Kier alpha value is -1.85. The molecular formula is C15H23N3O3. The lowest BCUT2D eigenvalue weighted by Gasteiger charge is -2.35. The van der Waals surface area contributed by atoms with Crippen LogP contribution in [0.3, 0.4) is 0 Å². The Morgan fingerprint density at radius 1 is 1.43 bits per heavy atom. The summed E-state index contributed by atoms with van der Waals surface area (Å²) in [7, 11) is 0. The minimum atomic E-state index is -0.415. The molecule has 6 heteroatoms. The van der Waals surface area contributed by atoms with Crippen LogP contribution in [0.2, 0.25) is 0 Å². The van der Waals surface area contributed by atoms with Crippen molar-refractivity contribution in [2.24, 2.45) is 11.3 Å². The van der Waals surface area contributed by atoms with Crippen molar-refractivity contribution in [1.29, 1.82) is 0 Å². The fourth-order valence-electron chi connectivity index (χ4n) is 2.50. The minimum Gasteiger partial charge on any atom is -0.360 e. The first-order valence-electron chi connectivity index (χ1n) is 7.31. The predicted octanol–water partition coefficient (Wildman–Crippen LogP) is 2.21. The first-order valence-corrected chi connectivity index (χ1v) is 7.31. The maximum absolute atomic E-state index is 12.3. The summed E-state index contributed by atoms with van der Waals surface area (Å²) in [5, 5.41) is 6.51. The number of carbonyl (C=O) groups excluding carboxylic acids is 2. The van der Waals surface area contributed by atoms with Gasteiger partial charge in [-0.2, -0.15) is 0 Å². The summed E-state index contributed by atoms with van der Waals surface area (Å²) in [6, 6.07) is 1.68. The Balaban J connectivity index is 1.97. The fraction of sp³-hybridized carbons (Fsp3) is 0.667. The van der Waals surface area contributed by atoms with E-state index >= 15 is 0 Å². The van der Waals surface area contributed by atoms with Gasteiger partial charge in [-0.3, -0.25) is 9.59 Å². The fourth-order valence-corrected chi connectivity index (χ4v) is 2.50. The van der Waals surface area contributed by atoms with E-state index in [4.69, 9.17) is 4.52 Å². The van der Waals surface area contributed by atoms with E-state index in [0.29, 0.717) is 18.1 Å². The number of hydrogen-bond donors (Lipinski definition) is 1. The smallest absolute Gasteiger partial charge is 0.230 e. The van der Waals surface area contributed by atoms with Gasteiger partial charge >= 0.3 is 0 Å². The van der Waals surface area contributed by atoms with Crippen LogP contribution in [0.15, 0.2) is 10.6 Å². The third kappa shape index (κ3) is 3.83. The summed E-state index contributed by atoms with van der Waals surface area (Å²) in [6.07, 6.45) is 1.63. The van der Waals surface area contributed by atoms with Crippen molar-refractivity contribution in [3.05, 3.63) is 11.8 Å². The minimum absolute atomic E-state index is 0.0947. The first kappa shape index (κ1) is 15.5. The Morgan fingerprint density at radius 3 is 2.71 bits per heavy atom. The second-order valence-corrected chi connectivity index (χ2v) is 6.65. The number of rotatable bonds is 2. The average Bonchev–Trinajstić information content (AvgIpc) is 2.82. The third-order valence-electron chi connectivity index (χ3n) is 3.60. The summed E-state index contributed by atoms with van der Waals surface area (Å²) in [4.78, 5) is 26.4. The molecule has 0 radical (unpaired) electrons. The van der Waals surface area contributed by atoms with E-state index < -0.39 is 5.41 Å². The molecule has 1 N–H and O–H groups in total. The number of carbonyl (C=O) groups is 2. The van der Waals surface area contributed by atoms with Crippen molar-refractivity contribution in [2.45, 2.75) is 40.5 Å². The predicted molar refractivity (Wildman–Crippen MR) is 78.6 cm³/mol. The van der Waals surface area contributed by atoms with Crippen LogP contribution in [0.25, 0.3) is 0 Å². The molecule has 1 saturated heterocycles. The largest absolute Gasteiger partial charge is 0.360 e. The molecule has 0 aliphatic carbocycles. The highest BCUT2D eigenvalue weighted by molar-refractivity contribution is 5.92. The molecule has 1 fully saturated rings. The monoisotopic (exact) mass is 293 g/mol. The molecule has 116 valence electrons. The SMILES string of the molecule is Cc1cc(NC(=O)C2CCCN(C(=O)C(C)(C)C)C2)no1. The summed E-state index contributed by atoms with van der Waals surface area (Å²) in [6.45, 7) is 8.67. The first-order chi connectivity index (χ1) is 9.77. The van der Waals surface area contributed by atoms with Gasteiger partial charge in [0.25, 0.3) is 0 Å². The lowest BCUT2D eigenvalue weighted by molar-refractivity contribution is -0.142. The quantitative estimate of drug-likeness (QED) is 0.907. The van der Waals surface area contributed by atoms with Crippen LogP contribution in [-0.2, 0) is 9.59 Å². The Morgan fingerprint density at radius 2 is 2.14 bits per heavy atom. The van der Waals surface area contributed by atoms with Crippen LogP contribution in [-0.4, -0.2) is 35.0 Å². The van der Waals surface area contributed by atoms with E-state index in [1.807, 2.05) is 20.8 Å². The van der Waals surface area contributed by atoms with Crippen molar-refractivity contribution in [2.75, 3.05) is 18.4 Å². The highest BCUT2D eigenvalue weighted by Gasteiger charge is 2.33. The Kier molecular flexibility index (Phi) is 4.34. The van der Waals surface area contributed by atoms with Crippen LogP contribution in [0.1, 0.15) is 39.4 Å². The topological polar surface area (TPSA) is 75.4 Å². The number of nitrogens with one attached hydrogen (secondary N) is 1. The van der Waals surface area contributed by atoms with E-state index in [-0.39, 0.29) is 17.7 Å². The number of hydrogen-bond acceptors (Lipinski definition) is 4. The van der Waals surface area contributed by atoms with Gasteiger partial charge in [0.15, 0.2) is 5.82 Å². The number of aryl methyl sites for hydroxylation is 1. The second-order valence-electron chi connectivity index (χ2n) is 6.65. The molecule has 0 bridgehead atoms. The van der Waals surface area contributed by atoms with Crippen LogP contribution in [0.5, 0.6) is 0 Å². The number of piperidine rings is 1. The molecule has 0 aromatic carbocycles. The van der Waals surface area contributed by atoms with E-state index in [2.05, 4.69) is 10.5 Å². The number of aromatic nitrogens is 1. The van der Waals surface area contributed by atoms with Gasteiger partial charge in [0.2, 0.25) is 11.8 Å².